The average molecular weight is 336 g/mol. The highest BCUT2D eigenvalue weighted by molar-refractivity contribution is 8.00. The monoisotopic (exact) mass is 336 g/mol. The van der Waals surface area contributed by atoms with Crippen LogP contribution in [-0.2, 0) is 22.7 Å². The van der Waals surface area contributed by atoms with Gasteiger partial charge < -0.3 is 0 Å². The van der Waals surface area contributed by atoms with E-state index < -0.39 is 9.84 Å². The summed E-state index contributed by atoms with van der Waals surface area (Å²) in [5, 5.41) is 4.72. The van der Waals surface area contributed by atoms with Crippen LogP contribution in [0.3, 0.4) is 0 Å². The van der Waals surface area contributed by atoms with Gasteiger partial charge in [-0.2, -0.15) is 0 Å². The quantitative estimate of drug-likeness (QED) is 0.807. The van der Waals surface area contributed by atoms with E-state index in [4.69, 9.17) is 0 Å². The fraction of sp³-hybridized carbons (Fsp3) is 0.238. The van der Waals surface area contributed by atoms with E-state index in [1.807, 2.05) is 6.07 Å². The standard InChI is InChI=1S/C21H20O2S/c1-2-14-24(22,23)21-9-5-8-17-19-11-10-15-6-3-4-7-16(15)18(19)12-13-20(17)21/h2-4,6-7,10,12-13H,1,5,8-9,11,14H2. The predicted molar refractivity (Wildman–Crippen MR) is 98.3 cm³/mol. The molecule has 0 saturated heterocycles. The van der Waals surface area contributed by atoms with E-state index in [0.29, 0.717) is 11.3 Å². The first-order valence-electron chi connectivity index (χ1n) is 8.39. The zero-order valence-corrected chi connectivity index (χ0v) is 14.4. The van der Waals surface area contributed by atoms with Gasteiger partial charge in [0.15, 0.2) is 9.84 Å². The maximum atomic E-state index is 12.6. The number of rotatable bonds is 3. The number of sulfone groups is 1. The van der Waals surface area contributed by atoms with Crippen LogP contribution in [0, 0.1) is 10.4 Å². The van der Waals surface area contributed by atoms with E-state index in [1.54, 1.807) is 0 Å². The van der Waals surface area contributed by atoms with Gasteiger partial charge >= 0.3 is 0 Å². The molecular weight excluding hydrogens is 316 g/mol. The number of benzene rings is 2. The highest BCUT2D eigenvalue weighted by atomic mass is 32.2. The summed E-state index contributed by atoms with van der Waals surface area (Å²) < 4.78 is 25.2. The lowest BCUT2D eigenvalue weighted by Gasteiger charge is -2.20. The van der Waals surface area contributed by atoms with E-state index in [0.717, 1.165) is 24.5 Å². The van der Waals surface area contributed by atoms with Crippen LogP contribution in [0.2, 0.25) is 0 Å². The molecule has 0 spiro atoms. The lowest BCUT2D eigenvalue weighted by Crippen LogP contribution is -2.26. The zero-order valence-electron chi connectivity index (χ0n) is 13.6. The van der Waals surface area contributed by atoms with Gasteiger partial charge in [0.1, 0.15) is 0 Å². The van der Waals surface area contributed by atoms with Gasteiger partial charge in [0.25, 0.3) is 0 Å². The van der Waals surface area contributed by atoms with Crippen molar-refractivity contribution in [3.63, 3.8) is 0 Å². The minimum atomic E-state index is -3.25. The van der Waals surface area contributed by atoms with Gasteiger partial charge in [0.05, 0.1) is 10.7 Å². The van der Waals surface area contributed by atoms with Gasteiger partial charge in [-0.15, -0.1) is 6.58 Å². The van der Waals surface area contributed by atoms with Gasteiger partial charge in [0.2, 0.25) is 0 Å². The van der Waals surface area contributed by atoms with Crippen LogP contribution in [0.1, 0.15) is 24.0 Å². The van der Waals surface area contributed by atoms with Crippen molar-refractivity contribution in [2.24, 2.45) is 0 Å². The summed E-state index contributed by atoms with van der Waals surface area (Å²) in [5.41, 5.74) is 2.53. The molecule has 0 radical (unpaired) electrons. The van der Waals surface area contributed by atoms with Crippen LogP contribution in [0.5, 0.6) is 0 Å². The third kappa shape index (κ3) is 2.35. The van der Waals surface area contributed by atoms with Gasteiger partial charge in [-0.05, 0) is 57.7 Å². The molecule has 0 aliphatic heterocycles. The number of hydrogen-bond acceptors (Lipinski definition) is 2. The van der Waals surface area contributed by atoms with Crippen LogP contribution in [0.15, 0.2) is 49.1 Å². The Balaban J connectivity index is 2.13. The SMILES string of the molecule is C=CCS(=O)(=O)C1=c2ccc3c(c2CCC1)CC=c1ccccc1=3. The highest BCUT2D eigenvalue weighted by Crippen LogP contribution is 2.24. The molecule has 0 aromatic heterocycles. The van der Waals surface area contributed by atoms with E-state index in [-0.39, 0.29) is 5.75 Å². The summed E-state index contributed by atoms with van der Waals surface area (Å²) in [5.74, 6) is 0.0216. The van der Waals surface area contributed by atoms with E-state index in [1.165, 1.54) is 32.9 Å². The van der Waals surface area contributed by atoms with Gasteiger partial charge in [-0.1, -0.05) is 48.6 Å². The largest absolute Gasteiger partial charge is 0.224 e. The van der Waals surface area contributed by atoms with Crippen molar-refractivity contribution in [3.8, 4) is 0 Å². The van der Waals surface area contributed by atoms with Crippen LogP contribution in [0.25, 0.3) is 11.0 Å². The Bertz CT molecular complexity index is 1160. The first-order valence-corrected chi connectivity index (χ1v) is 10.0. The summed E-state index contributed by atoms with van der Waals surface area (Å²) in [6, 6.07) is 12.5. The molecule has 0 amide bonds. The molecule has 2 nitrogen and oxygen atoms in total. The Morgan fingerprint density at radius 1 is 0.958 bits per heavy atom. The number of fused-ring (bicyclic) bond motifs is 4. The predicted octanol–water partition coefficient (Wildman–Crippen LogP) is 2.36. The molecule has 3 heteroatoms. The third-order valence-corrected chi connectivity index (χ3v) is 6.90. The van der Waals surface area contributed by atoms with Crippen molar-refractivity contribution in [2.75, 3.05) is 5.75 Å². The fourth-order valence-electron chi connectivity index (χ4n) is 4.00. The molecule has 2 aliphatic carbocycles. The second kappa shape index (κ2) is 5.75. The summed E-state index contributed by atoms with van der Waals surface area (Å²) in [6.07, 6.45) is 7.12. The highest BCUT2D eigenvalue weighted by Gasteiger charge is 2.23. The smallest absolute Gasteiger partial charge is 0.178 e. The second-order valence-corrected chi connectivity index (χ2v) is 8.52. The van der Waals surface area contributed by atoms with Crippen LogP contribution >= 0.6 is 0 Å². The minimum absolute atomic E-state index is 0.0216. The summed E-state index contributed by atoms with van der Waals surface area (Å²) in [7, 11) is -3.25. The van der Waals surface area contributed by atoms with E-state index in [9.17, 15) is 8.42 Å². The van der Waals surface area contributed by atoms with Crippen LogP contribution in [-0.4, -0.2) is 14.2 Å². The molecular formula is C21H20O2S. The molecule has 0 atom stereocenters. The normalized spacial score (nSPS) is 15.8. The van der Waals surface area contributed by atoms with Crippen LogP contribution in [0.4, 0.5) is 0 Å². The van der Waals surface area contributed by atoms with Crippen LogP contribution < -0.4 is 10.4 Å². The van der Waals surface area contributed by atoms with Gasteiger partial charge in [-0.3, -0.25) is 0 Å². The van der Waals surface area contributed by atoms with Crippen molar-refractivity contribution in [1.82, 2.24) is 0 Å². The molecule has 0 saturated carbocycles. The average Bonchev–Trinajstić information content (AvgIpc) is 2.60. The summed E-state index contributed by atoms with van der Waals surface area (Å²) in [4.78, 5) is 0.602. The topological polar surface area (TPSA) is 34.1 Å². The Hall–Kier alpha value is -2.13. The molecule has 2 aromatic rings. The molecule has 0 bridgehead atoms. The Labute approximate surface area is 142 Å². The second-order valence-electron chi connectivity index (χ2n) is 6.46. The van der Waals surface area contributed by atoms with Gasteiger partial charge in [-0.25, -0.2) is 8.42 Å². The minimum Gasteiger partial charge on any atom is -0.224 e. The molecule has 24 heavy (non-hydrogen) atoms. The first-order chi connectivity index (χ1) is 11.6. The van der Waals surface area contributed by atoms with Crippen molar-refractivity contribution in [1.29, 1.82) is 0 Å². The Kier molecular flexibility index (Phi) is 3.69. The summed E-state index contributed by atoms with van der Waals surface area (Å²) in [6.45, 7) is 3.59. The molecule has 0 unspecified atom stereocenters. The third-order valence-electron chi connectivity index (χ3n) is 5.05. The van der Waals surface area contributed by atoms with Crippen molar-refractivity contribution >= 4 is 20.8 Å². The molecule has 2 aromatic carbocycles. The van der Waals surface area contributed by atoms with E-state index >= 15 is 0 Å². The fourth-order valence-corrected chi connectivity index (χ4v) is 5.49. The lowest BCUT2D eigenvalue weighted by molar-refractivity contribution is 0.606. The van der Waals surface area contributed by atoms with Crippen molar-refractivity contribution in [2.45, 2.75) is 25.7 Å². The van der Waals surface area contributed by atoms with Crippen molar-refractivity contribution in [3.05, 3.63) is 81.1 Å². The molecule has 4 rings (SSSR count). The maximum Gasteiger partial charge on any atom is 0.178 e. The molecule has 0 fully saturated rings. The van der Waals surface area contributed by atoms with E-state index in [2.05, 4.69) is 43.0 Å². The molecule has 0 N–H and O–H groups in total. The molecule has 2 aliphatic rings. The first kappa shape index (κ1) is 15.4. The Morgan fingerprint density at radius 2 is 1.75 bits per heavy atom. The molecule has 122 valence electrons. The number of hydrogen-bond donors (Lipinski definition) is 0. The Morgan fingerprint density at radius 3 is 2.58 bits per heavy atom. The maximum absolute atomic E-state index is 12.6. The zero-order chi connectivity index (χ0) is 16.7. The summed E-state index contributed by atoms with van der Waals surface area (Å²) >= 11 is 0. The van der Waals surface area contributed by atoms with Crippen molar-refractivity contribution < 1.29 is 8.42 Å². The van der Waals surface area contributed by atoms with Gasteiger partial charge in [0, 0.05) is 0 Å². The molecule has 0 heterocycles. The lowest BCUT2D eigenvalue weighted by atomic mass is 9.89.